The van der Waals surface area contributed by atoms with E-state index in [0.717, 1.165) is 18.3 Å². The largest absolute Gasteiger partial charge is 0.480 e. The van der Waals surface area contributed by atoms with E-state index in [-0.39, 0.29) is 0 Å². The number of nitro groups is 1. The molecule has 1 rings (SSSR count). The number of aromatic nitrogens is 1. The summed E-state index contributed by atoms with van der Waals surface area (Å²) < 4.78 is 25.1. The van der Waals surface area contributed by atoms with Crippen LogP contribution in [0.25, 0.3) is 0 Å². The Morgan fingerprint density at radius 1 is 1.53 bits per heavy atom. The van der Waals surface area contributed by atoms with Crippen LogP contribution < -0.4 is 4.72 Å². The van der Waals surface area contributed by atoms with Crippen LogP contribution in [-0.4, -0.2) is 47.2 Å². The molecule has 1 atom stereocenters. The van der Waals surface area contributed by atoms with E-state index in [9.17, 15) is 23.3 Å². The molecule has 0 aliphatic carbocycles. The van der Waals surface area contributed by atoms with Gasteiger partial charge in [-0.1, -0.05) is 0 Å². The average Bonchev–Trinajstić information content (AvgIpc) is 2.35. The van der Waals surface area contributed by atoms with Crippen molar-refractivity contribution in [2.45, 2.75) is 10.9 Å². The van der Waals surface area contributed by atoms with Crippen LogP contribution in [0.1, 0.15) is 0 Å². The number of carboxylic acid groups (broad SMARTS) is 1. The molecule has 0 saturated carbocycles. The quantitative estimate of drug-likeness (QED) is 0.431. The van der Waals surface area contributed by atoms with E-state index >= 15 is 0 Å². The zero-order chi connectivity index (χ0) is 14.6. The highest BCUT2D eigenvalue weighted by Crippen LogP contribution is 2.12. The number of aliphatic carboxylic acids is 1. The SMILES string of the molecule is O=C(O)[C@H](CO)NS(=O)(=O)c1ccc([N+](=O)[O-])nc1. The summed E-state index contributed by atoms with van der Waals surface area (Å²) in [6, 6.07) is 0.0627. The lowest BCUT2D eigenvalue weighted by Gasteiger charge is -2.11. The Labute approximate surface area is 106 Å². The van der Waals surface area contributed by atoms with Crippen LogP contribution in [0.3, 0.4) is 0 Å². The Bertz CT molecular complexity index is 583. The van der Waals surface area contributed by atoms with Crippen LogP contribution >= 0.6 is 0 Å². The first kappa shape index (κ1) is 14.9. The number of carboxylic acids is 1. The summed E-state index contributed by atoms with van der Waals surface area (Å²) in [4.78, 5) is 23.0. The highest BCUT2D eigenvalue weighted by atomic mass is 32.2. The van der Waals surface area contributed by atoms with Crippen LogP contribution in [0.15, 0.2) is 23.2 Å². The zero-order valence-electron chi connectivity index (χ0n) is 9.25. The Kier molecular flexibility index (Phi) is 4.47. The van der Waals surface area contributed by atoms with Gasteiger partial charge in [0.05, 0.1) is 6.61 Å². The second kappa shape index (κ2) is 5.69. The molecule has 0 radical (unpaired) electrons. The molecule has 0 aromatic carbocycles. The van der Waals surface area contributed by atoms with E-state index in [1.54, 1.807) is 4.72 Å². The fourth-order valence-corrected chi connectivity index (χ4v) is 2.19. The van der Waals surface area contributed by atoms with Gasteiger partial charge in [-0.25, -0.2) is 8.42 Å². The minimum absolute atomic E-state index is 0.446. The first-order valence-electron chi connectivity index (χ1n) is 4.74. The molecule has 0 aliphatic rings. The van der Waals surface area contributed by atoms with E-state index in [1.165, 1.54) is 0 Å². The van der Waals surface area contributed by atoms with Gasteiger partial charge in [0.25, 0.3) is 0 Å². The van der Waals surface area contributed by atoms with Gasteiger partial charge < -0.3 is 20.3 Å². The highest BCUT2D eigenvalue weighted by molar-refractivity contribution is 7.89. The molecule has 1 aromatic rings. The molecule has 0 bridgehead atoms. The maximum absolute atomic E-state index is 11.7. The third-order valence-corrected chi connectivity index (χ3v) is 3.45. The number of rotatable bonds is 6. The number of hydrogen-bond donors (Lipinski definition) is 3. The molecule has 0 aliphatic heterocycles. The standard InChI is InChI=1S/C8H9N3O7S/c12-4-6(8(13)14)10-19(17,18)5-1-2-7(9-3-5)11(15)16/h1-3,6,10,12H,4H2,(H,13,14)/t6-/m0/s1. The van der Waals surface area contributed by atoms with Gasteiger partial charge in [0.2, 0.25) is 10.0 Å². The second-order valence-corrected chi connectivity index (χ2v) is 5.02. The zero-order valence-corrected chi connectivity index (χ0v) is 10.1. The van der Waals surface area contributed by atoms with Gasteiger partial charge in [-0.2, -0.15) is 4.72 Å². The van der Waals surface area contributed by atoms with E-state index in [4.69, 9.17) is 10.2 Å². The van der Waals surface area contributed by atoms with Crippen molar-refractivity contribution in [2.75, 3.05) is 6.61 Å². The number of aliphatic hydroxyl groups is 1. The molecule has 3 N–H and O–H groups in total. The Morgan fingerprint density at radius 3 is 2.53 bits per heavy atom. The lowest BCUT2D eigenvalue weighted by Crippen LogP contribution is -2.43. The molecule has 0 spiro atoms. The van der Waals surface area contributed by atoms with Gasteiger partial charge in [0.1, 0.15) is 10.9 Å². The minimum Gasteiger partial charge on any atom is -0.480 e. The number of pyridine rings is 1. The Balaban J connectivity index is 3.00. The van der Waals surface area contributed by atoms with Gasteiger partial charge in [-0.05, 0) is 16.0 Å². The number of hydrogen-bond acceptors (Lipinski definition) is 7. The molecule has 1 aromatic heterocycles. The van der Waals surface area contributed by atoms with Crippen molar-refractivity contribution in [2.24, 2.45) is 0 Å². The minimum atomic E-state index is -4.24. The van der Waals surface area contributed by atoms with Crippen molar-refractivity contribution in [3.63, 3.8) is 0 Å². The van der Waals surface area contributed by atoms with E-state index < -0.39 is 44.3 Å². The number of nitrogens with zero attached hydrogens (tertiary/aromatic N) is 2. The fourth-order valence-electron chi connectivity index (χ4n) is 1.06. The summed E-state index contributed by atoms with van der Waals surface area (Å²) in [6.45, 7) is -0.936. The van der Waals surface area contributed by atoms with Crippen LogP contribution in [0.5, 0.6) is 0 Å². The van der Waals surface area contributed by atoms with E-state index in [2.05, 4.69) is 4.98 Å². The lowest BCUT2D eigenvalue weighted by atomic mass is 10.3. The molecular formula is C8H9N3O7S. The predicted molar refractivity (Wildman–Crippen MR) is 59.7 cm³/mol. The molecule has 1 heterocycles. The third-order valence-electron chi connectivity index (χ3n) is 2.00. The summed E-state index contributed by atoms with van der Waals surface area (Å²) in [7, 11) is -4.24. The molecule has 0 unspecified atom stereocenters. The highest BCUT2D eigenvalue weighted by Gasteiger charge is 2.26. The average molecular weight is 291 g/mol. The molecule has 104 valence electrons. The monoisotopic (exact) mass is 291 g/mol. The molecule has 19 heavy (non-hydrogen) atoms. The Hall–Kier alpha value is -2.11. The molecule has 0 amide bonds. The topological polar surface area (TPSA) is 160 Å². The fraction of sp³-hybridized carbons (Fsp3) is 0.250. The maximum atomic E-state index is 11.7. The number of aliphatic hydroxyl groups excluding tert-OH is 1. The number of sulfonamides is 1. The van der Waals surface area contributed by atoms with Gasteiger partial charge >= 0.3 is 11.8 Å². The van der Waals surface area contributed by atoms with Gasteiger partial charge in [0.15, 0.2) is 6.20 Å². The van der Waals surface area contributed by atoms with E-state index in [0.29, 0.717) is 0 Å². The molecule has 10 nitrogen and oxygen atoms in total. The molecule has 0 fully saturated rings. The lowest BCUT2D eigenvalue weighted by molar-refractivity contribution is -0.389. The molecule has 0 saturated heterocycles. The summed E-state index contributed by atoms with van der Waals surface area (Å²) in [5.41, 5.74) is 0. The summed E-state index contributed by atoms with van der Waals surface area (Å²) in [6.07, 6.45) is 0.719. The van der Waals surface area contributed by atoms with Crippen molar-refractivity contribution in [3.05, 3.63) is 28.4 Å². The van der Waals surface area contributed by atoms with Gasteiger partial charge in [-0.15, -0.1) is 0 Å². The summed E-state index contributed by atoms with van der Waals surface area (Å²) in [5, 5.41) is 27.7. The van der Waals surface area contributed by atoms with Crippen molar-refractivity contribution >= 4 is 21.8 Å². The Morgan fingerprint density at radius 2 is 2.16 bits per heavy atom. The normalized spacial score (nSPS) is 12.9. The van der Waals surface area contributed by atoms with Crippen molar-refractivity contribution in [3.8, 4) is 0 Å². The van der Waals surface area contributed by atoms with Crippen LogP contribution in [0, 0.1) is 10.1 Å². The van der Waals surface area contributed by atoms with Gasteiger partial charge in [-0.3, -0.25) is 4.79 Å². The van der Waals surface area contributed by atoms with E-state index in [1.807, 2.05) is 0 Å². The summed E-state index contributed by atoms with van der Waals surface area (Å²) >= 11 is 0. The maximum Gasteiger partial charge on any atom is 0.363 e. The van der Waals surface area contributed by atoms with Crippen LogP contribution in [0.4, 0.5) is 5.82 Å². The third kappa shape index (κ3) is 3.67. The number of nitrogens with one attached hydrogen (secondary N) is 1. The molecule has 11 heteroatoms. The smallest absolute Gasteiger partial charge is 0.363 e. The first-order chi connectivity index (χ1) is 8.77. The molecular weight excluding hydrogens is 282 g/mol. The summed E-state index contributed by atoms with van der Waals surface area (Å²) in [5.74, 6) is -2.10. The predicted octanol–water partition coefficient (Wildman–Crippen LogP) is -1.29. The second-order valence-electron chi connectivity index (χ2n) is 3.30. The first-order valence-corrected chi connectivity index (χ1v) is 6.22. The van der Waals surface area contributed by atoms with Crippen LogP contribution in [-0.2, 0) is 14.8 Å². The number of carbonyl (C=O) groups is 1. The van der Waals surface area contributed by atoms with Gasteiger partial charge in [0, 0.05) is 6.07 Å². The van der Waals surface area contributed by atoms with Crippen molar-refractivity contribution < 1.29 is 28.3 Å². The van der Waals surface area contributed by atoms with Crippen LogP contribution in [0.2, 0.25) is 0 Å². The van der Waals surface area contributed by atoms with Crippen molar-refractivity contribution in [1.29, 1.82) is 0 Å². The van der Waals surface area contributed by atoms with Crippen molar-refractivity contribution in [1.82, 2.24) is 9.71 Å².